The highest BCUT2D eigenvalue weighted by molar-refractivity contribution is 7.80. The minimum Gasteiger partial charge on any atom is -0.351 e. The Hall–Kier alpha value is -2.53. The van der Waals surface area contributed by atoms with Crippen LogP contribution < -0.4 is 5.32 Å². The van der Waals surface area contributed by atoms with E-state index in [1.165, 1.54) is 0 Å². The largest absolute Gasteiger partial charge is 0.351 e. The highest BCUT2D eigenvalue weighted by Crippen LogP contribution is 2.27. The zero-order valence-corrected chi connectivity index (χ0v) is 14.3. The van der Waals surface area contributed by atoms with Gasteiger partial charge < -0.3 is 5.32 Å². The molecule has 0 spiro atoms. The average molecular weight is 337 g/mol. The number of thiol groups is 1. The summed E-state index contributed by atoms with van der Waals surface area (Å²) in [5, 5.41) is 7.61. The maximum absolute atomic E-state index is 12.7. The first-order valence-corrected chi connectivity index (χ1v) is 8.45. The molecule has 24 heavy (non-hydrogen) atoms. The van der Waals surface area contributed by atoms with E-state index in [-0.39, 0.29) is 5.91 Å². The van der Waals surface area contributed by atoms with Crippen molar-refractivity contribution in [1.29, 1.82) is 0 Å². The first-order chi connectivity index (χ1) is 11.7. The van der Waals surface area contributed by atoms with Gasteiger partial charge in [-0.3, -0.25) is 4.79 Å². The molecule has 122 valence electrons. The van der Waals surface area contributed by atoms with Crippen LogP contribution in [-0.2, 0) is 0 Å². The second-order valence-corrected chi connectivity index (χ2v) is 5.85. The lowest BCUT2D eigenvalue weighted by atomic mass is 10.1. The summed E-state index contributed by atoms with van der Waals surface area (Å²) in [5.74, 6) is 0.473. The van der Waals surface area contributed by atoms with E-state index in [4.69, 9.17) is 5.10 Å². The lowest BCUT2D eigenvalue weighted by Crippen LogP contribution is -2.26. The van der Waals surface area contributed by atoms with Crippen molar-refractivity contribution in [2.24, 2.45) is 0 Å². The molecule has 0 aliphatic heterocycles. The molecule has 0 saturated heterocycles. The van der Waals surface area contributed by atoms with Crippen molar-refractivity contribution in [1.82, 2.24) is 15.1 Å². The molecule has 4 nitrogen and oxygen atoms in total. The molecular formula is C19H19N3OS. The highest BCUT2D eigenvalue weighted by Gasteiger charge is 2.22. The molecule has 0 bridgehead atoms. The molecular weight excluding hydrogens is 318 g/mol. The minimum atomic E-state index is -0.123. The van der Waals surface area contributed by atoms with E-state index in [1.54, 1.807) is 0 Å². The molecule has 1 heterocycles. The number of amides is 1. The van der Waals surface area contributed by atoms with Gasteiger partial charge in [-0.25, -0.2) is 4.68 Å². The van der Waals surface area contributed by atoms with Crippen LogP contribution >= 0.6 is 12.6 Å². The van der Waals surface area contributed by atoms with E-state index >= 15 is 0 Å². The third kappa shape index (κ3) is 3.21. The first-order valence-electron chi connectivity index (χ1n) is 7.82. The Balaban J connectivity index is 2.14. The van der Waals surface area contributed by atoms with Gasteiger partial charge in [0.25, 0.3) is 5.91 Å². The molecule has 2 aromatic carbocycles. The summed E-state index contributed by atoms with van der Waals surface area (Å²) in [6.45, 7) is 2.44. The summed E-state index contributed by atoms with van der Waals surface area (Å²) in [5.41, 5.74) is 3.96. The molecule has 5 heteroatoms. The van der Waals surface area contributed by atoms with Crippen molar-refractivity contribution in [2.45, 2.75) is 6.92 Å². The summed E-state index contributed by atoms with van der Waals surface area (Å²) in [6.07, 6.45) is 0. The van der Waals surface area contributed by atoms with Gasteiger partial charge in [-0.05, 0) is 19.1 Å². The molecule has 1 N–H and O–H groups in total. The summed E-state index contributed by atoms with van der Waals surface area (Å²) in [6, 6.07) is 19.6. The van der Waals surface area contributed by atoms with E-state index in [0.717, 1.165) is 16.9 Å². The maximum Gasteiger partial charge on any atom is 0.255 e. The summed E-state index contributed by atoms with van der Waals surface area (Å²) < 4.78 is 1.82. The monoisotopic (exact) mass is 337 g/mol. The quantitative estimate of drug-likeness (QED) is 0.700. The lowest BCUT2D eigenvalue weighted by molar-refractivity contribution is 0.0956. The number of nitrogens with one attached hydrogen (secondary N) is 1. The molecule has 0 saturated carbocycles. The van der Waals surface area contributed by atoms with Gasteiger partial charge in [0.2, 0.25) is 0 Å². The molecule has 3 rings (SSSR count). The smallest absolute Gasteiger partial charge is 0.255 e. The zero-order chi connectivity index (χ0) is 16.9. The molecule has 0 atom stereocenters. The number of nitrogens with zero attached hydrogens (tertiary/aromatic N) is 2. The number of carbonyl (C=O) groups is 1. The molecule has 0 aliphatic rings. The van der Waals surface area contributed by atoms with Gasteiger partial charge in [-0.15, -0.1) is 0 Å². The van der Waals surface area contributed by atoms with E-state index in [0.29, 0.717) is 23.6 Å². The maximum atomic E-state index is 12.7. The van der Waals surface area contributed by atoms with Crippen LogP contribution in [0.3, 0.4) is 0 Å². The van der Waals surface area contributed by atoms with Gasteiger partial charge in [-0.2, -0.15) is 17.7 Å². The van der Waals surface area contributed by atoms with Crippen LogP contribution in [0.4, 0.5) is 0 Å². The summed E-state index contributed by atoms with van der Waals surface area (Å²) in [7, 11) is 0. The van der Waals surface area contributed by atoms with Crippen LogP contribution in [0, 0.1) is 6.92 Å². The van der Waals surface area contributed by atoms with Crippen molar-refractivity contribution in [2.75, 3.05) is 12.3 Å². The predicted molar refractivity (Wildman–Crippen MR) is 99.9 cm³/mol. The molecule has 0 unspecified atom stereocenters. The van der Waals surface area contributed by atoms with Gasteiger partial charge >= 0.3 is 0 Å². The van der Waals surface area contributed by atoms with E-state index in [1.807, 2.05) is 72.3 Å². The van der Waals surface area contributed by atoms with E-state index < -0.39 is 0 Å². The highest BCUT2D eigenvalue weighted by atomic mass is 32.1. The molecule has 3 aromatic rings. The van der Waals surface area contributed by atoms with Crippen molar-refractivity contribution in [3.8, 4) is 16.9 Å². The molecule has 0 aliphatic carbocycles. The number of para-hydroxylation sites is 1. The fourth-order valence-corrected chi connectivity index (χ4v) is 2.76. The number of aromatic nitrogens is 2. The van der Waals surface area contributed by atoms with Crippen LogP contribution in [0.25, 0.3) is 16.9 Å². The van der Waals surface area contributed by atoms with Crippen LogP contribution in [0.1, 0.15) is 16.1 Å². The second kappa shape index (κ2) is 7.36. The Kier molecular flexibility index (Phi) is 5.01. The standard InChI is InChI=1S/C19H19N3OS/c1-14-17(19(23)20-12-13-24)18(15-8-4-2-5-9-15)21-22(14)16-10-6-3-7-11-16/h2-11,24H,12-13H2,1H3,(H,20,23). The molecule has 1 amide bonds. The van der Waals surface area contributed by atoms with Gasteiger partial charge in [0.1, 0.15) is 5.69 Å². The van der Waals surface area contributed by atoms with E-state index in [2.05, 4.69) is 17.9 Å². The normalized spacial score (nSPS) is 10.6. The molecule has 0 fully saturated rings. The second-order valence-electron chi connectivity index (χ2n) is 5.40. The van der Waals surface area contributed by atoms with Gasteiger partial charge in [0.15, 0.2) is 0 Å². The molecule has 0 radical (unpaired) electrons. The van der Waals surface area contributed by atoms with Gasteiger partial charge in [0, 0.05) is 17.9 Å². The molecule has 1 aromatic heterocycles. The van der Waals surface area contributed by atoms with Crippen molar-refractivity contribution in [3.05, 3.63) is 71.9 Å². The topological polar surface area (TPSA) is 46.9 Å². The minimum absolute atomic E-state index is 0.123. The Morgan fingerprint density at radius 1 is 1.08 bits per heavy atom. The SMILES string of the molecule is Cc1c(C(=O)NCCS)c(-c2ccccc2)nn1-c1ccccc1. The lowest BCUT2D eigenvalue weighted by Gasteiger charge is -2.06. The summed E-state index contributed by atoms with van der Waals surface area (Å²) in [4.78, 5) is 12.7. The third-order valence-corrected chi connectivity index (χ3v) is 4.01. The number of hydrogen-bond donors (Lipinski definition) is 2. The Morgan fingerprint density at radius 3 is 2.33 bits per heavy atom. The predicted octanol–water partition coefficient (Wildman–Crippen LogP) is 3.51. The van der Waals surface area contributed by atoms with Crippen molar-refractivity contribution in [3.63, 3.8) is 0 Å². The van der Waals surface area contributed by atoms with Crippen molar-refractivity contribution < 1.29 is 4.79 Å². The van der Waals surface area contributed by atoms with Crippen LogP contribution in [0.2, 0.25) is 0 Å². The first kappa shape index (κ1) is 16.3. The Morgan fingerprint density at radius 2 is 1.71 bits per heavy atom. The van der Waals surface area contributed by atoms with E-state index in [9.17, 15) is 4.79 Å². The van der Waals surface area contributed by atoms with Crippen molar-refractivity contribution >= 4 is 18.5 Å². The Labute approximate surface area is 146 Å². The summed E-state index contributed by atoms with van der Waals surface area (Å²) >= 11 is 4.16. The fourth-order valence-electron chi connectivity index (χ4n) is 2.65. The Bertz CT molecular complexity index is 829. The number of carbonyl (C=O) groups excluding carboxylic acids is 1. The van der Waals surface area contributed by atoms with Gasteiger partial charge in [-0.1, -0.05) is 48.5 Å². The third-order valence-electron chi connectivity index (χ3n) is 3.79. The van der Waals surface area contributed by atoms with Crippen LogP contribution in [0.5, 0.6) is 0 Å². The van der Waals surface area contributed by atoms with Gasteiger partial charge in [0.05, 0.1) is 16.9 Å². The number of rotatable bonds is 5. The average Bonchev–Trinajstić information content (AvgIpc) is 2.98. The number of hydrogen-bond acceptors (Lipinski definition) is 3. The number of benzene rings is 2. The zero-order valence-electron chi connectivity index (χ0n) is 13.4. The fraction of sp³-hybridized carbons (Fsp3) is 0.158. The van der Waals surface area contributed by atoms with Crippen LogP contribution in [0.15, 0.2) is 60.7 Å². The van der Waals surface area contributed by atoms with Crippen LogP contribution in [-0.4, -0.2) is 28.0 Å².